The van der Waals surface area contributed by atoms with E-state index in [-0.39, 0.29) is 0 Å². The summed E-state index contributed by atoms with van der Waals surface area (Å²) in [5.74, 6) is 0.111. The summed E-state index contributed by atoms with van der Waals surface area (Å²) in [6.07, 6.45) is 6.28. The third kappa shape index (κ3) is 3.97. The molecule has 0 aromatic heterocycles. The van der Waals surface area contributed by atoms with Crippen LogP contribution in [0.3, 0.4) is 0 Å². The number of hydrogen-bond donors (Lipinski definition) is 1. The zero-order chi connectivity index (χ0) is 13.4. The molecule has 0 aliphatic heterocycles. The molecule has 1 N–H and O–H groups in total. The largest absolute Gasteiger partial charge is 0.493 e. The van der Waals surface area contributed by atoms with E-state index >= 15 is 0 Å². The summed E-state index contributed by atoms with van der Waals surface area (Å²) < 4.78 is 10.8. The van der Waals surface area contributed by atoms with Crippen LogP contribution >= 0.6 is 0 Å². The fourth-order valence-electron chi connectivity index (χ4n) is 1.37. The third-order valence-electron chi connectivity index (χ3n) is 2.19. The van der Waals surface area contributed by atoms with Crippen LogP contribution in [0.25, 0.3) is 6.08 Å². The second-order valence-electron chi connectivity index (χ2n) is 3.43. The van der Waals surface area contributed by atoms with Crippen LogP contribution in [0.2, 0.25) is 0 Å². The number of carboxylic acids is 1. The number of rotatable bonds is 6. The lowest BCUT2D eigenvalue weighted by Crippen LogP contribution is -1.98. The number of para-hydroxylation sites is 1. The van der Waals surface area contributed by atoms with E-state index in [0.717, 1.165) is 6.08 Å². The van der Waals surface area contributed by atoms with Crippen LogP contribution in [0.5, 0.6) is 11.5 Å². The minimum Gasteiger partial charge on any atom is -0.493 e. The molecule has 0 saturated heterocycles. The minimum atomic E-state index is -1.00. The molecule has 18 heavy (non-hydrogen) atoms. The van der Waals surface area contributed by atoms with Gasteiger partial charge in [0.2, 0.25) is 0 Å². The Kier molecular flexibility index (Phi) is 5.51. The molecule has 0 saturated carbocycles. The van der Waals surface area contributed by atoms with Gasteiger partial charge in [-0.2, -0.15) is 0 Å². The van der Waals surface area contributed by atoms with Gasteiger partial charge in [0.25, 0.3) is 0 Å². The molecule has 0 bridgehead atoms. The number of methoxy groups -OCH3 is 1. The maximum absolute atomic E-state index is 10.5. The molecule has 1 aromatic rings. The van der Waals surface area contributed by atoms with Crippen molar-refractivity contribution in [1.29, 1.82) is 0 Å². The van der Waals surface area contributed by atoms with Crippen molar-refractivity contribution < 1.29 is 19.4 Å². The molecule has 0 atom stereocenters. The molecule has 96 valence electrons. The Bertz CT molecular complexity index is 461. The average molecular weight is 248 g/mol. The van der Waals surface area contributed by atoms with Crippen LogP contribution in [0.1, 0.15) is 12.5 Å². The molecule has 0 fully saturated rings. The third-order valence-corrected chi connectivity index (χ3v) is 2.19. The summed E-state index contributed by atoms with van der Waals surface area (Å²) in [4.78, 5) is 10.5. The molecule has 0 heterocycles. The Hall–Kier alpha value is -2.23. The van der Waals surface area contributed by atoms with Crippen molar-refractivity contribution in [3.63, 3.8) is 0 Å². The topological polar surface area (TPSA) is 55.8 Å². The standard InChI is InChI=1S/C14H16O4/c1-3-4-10-18-14-11(8-9-13(15)16)6-5-7-12(14)17-2/h3-9H,10H2,1-2H3,(H,15,16)/b4-3+,9-8+. The number of benzene rings is 1. The van der Waals surface area contributed by atoms with Crippen molar-refractivity contribution in [3.05, 3.63) is 42.0 Å². The predicted molar refractivity (Wildman–Crippen MR) is 70.0 cm³/mol. The van der Waals surface area contributed by atoms with Crippen LogP contribution in [-0.4, -0.2) is 24.8 Å². The van der Waals surface area contributed by atoms with Gasteiger partial charge < -0.3 is 14.6 Å². The SMILES string of the molecule is C/C=C/COc1c(/C=C/C(=O)O)cccc1OC. The van der Waals surface area contributed by atoms with E-state index in [1.807, 2.05) is 19.1 Å². The molecule has 1 rings (SSSR count). The van der Waals surface area contributed by atoms with Crippen LogP contribution < -0.4 is 9.47 Å². The molecule has 4 nitrogen and oxygen atoms in total. The highest BCUT2D eigenvalue weighted by molar-refractivity contribution is 5.86. The fraction of sp³-hybridized carbons (Fsp3) is 0.214. The summed E-state index contributed by atoms with van der Waals surface area (Å²) in [5, 5.41) is 8.64. The fourth-order valence-corrected chi connectivity index (χ4v) is 1.37. The van der Waals surface area contributed by atoms with Crippen LogP contribution in [0.4, 0.5) is 0 Å². The highest BCUT2D eigenvalue weighted by atomic mass is 16.5. The number of aliphatic carboxylic acids is 1. The van der Waals surface area contributed by atoms with E-state index in [1.54, 1.807) is 25.3 Å². The molecule has 0 unspecified atom stereocenters. The molecular formula is C14H16O4. The van der Waals surface area contributed by atoms with Crippen molar-refractivity contribution in [1.82, 2.24) is 0 Å². The van der Waals surface area contributed by atoms with Gasteiger partial charge in [0.1, 0.15) is 6.61 Å². The summed E-state index contributed by atoms with van der Waals surface area (Å²) in [7, 11) is 1.54. The number of carbonyl (C=O) groups is 1. The van der Waals surface area contributed by atoms with Crippen LogP contribution in [0.15, 0.2) is 36.4 Å². The highest BCUT2D eigenvalue weighted by Gasteiger charge is 2.08. The predicted octanol–water partition coefficient (Wildman–Crippen LogP) is 2.75. The monoisotopic (exact) mass is 248 g/mol. The highest BCUT2D eigenvalue weighted by Crippen LogP contribution is 2.31. The maximum Gasteiger partial charge on any atom is 0.328 e. The van der Waals surface area contributed by atoms with E-state index in [9.17, 15) is 4.79 Å². The summed E-state index contributed by atoms with van der Waals surface area (Å²) in [5.41, 5.74) is 0.668. The van der Waals surface area contributed by atoms with Crippen molar-refractivity contribution >= 4 is 12.0 Å². The van der Waals surface area contributed by atoms with Gasteiger partial charge in [0.05, 0.1) is 7.11 Å². The van der Waals surface area contributed by atoms with Gasteiger partial charge in [0.15, 0.2) is 11.5 Å². The molecule has 1 aromatic carbocycles. The number of carboxylic acid groups (broad SMARTS) is 1. The Morgan fingerprint density at radius 3 is 2.83 bits per heavy atom. The number of hydrogen-bond acceptors (Lipinski definition) is 3. The first-order chi connectivity index (χ1) is 8.69. The van der Waals surface area contributed by atoms with Crippen molar-refractivity contribution in [2.24, 2.45) is 0 Å². The zero-order valence-corrected chi connectivity index (χ0v) is 10.4. The van der Waals surface area contributed by atoms with Gasteiger partial charge in [-0.3, -0.25) is 0 Å². The first kappa shape index (κ1) is 13.8. The van der Waals surface area contributed by atoms with E-state index < -0.39 is 5.97 Å². The normalized spacial score (nSPS) is 11.0. The zero-order valence-electron chi connectivity index (χ0n) is 10.4. The van der Waals surface area contributed by atoms with Crippen molar-refractivity contribution in [3.8, 4) is 11.5 Å². The van der Waals surface area contributed by atoms with Gasteiger partial charge in [0, 0.05) is 11.6 Å². The van der Waals surface area contributed by atoms with Gasteiger partial charge >= 0.3 is 5.97 Å². The van der Waals surface area contributed by atoms with E-state index in [2.05, 4.69) is 0 Å². The lowest BCUT2D eigenvalue weighted by Gasteiger charge is -2.11. The number of ether oxygens (including phenoxy) is 2. The molecule has 0 amide bonds. The smallest absolute Gasteiger partial charge is 0.328 e. The van der Waals surface area contributed by atoms with Crippen LogP contribution in [-0.2, 0) is 4.79 Å². The van der Waals surface area contributed by atoms with Crippen molar-refractivity contribution in [2.45, 2.75) is 6.92 Å². The van der Waals surface area contributed by atoms with E-state index in [0.29, 0.717) is 23.7 Å². The molecule has 4 heteroatoms. The second kappa shape index (κ2) is 7.17. The lowest BCUT2D eigenvalue weighted by molar-refractivity contribution is -0.131. The minimum absolute atomic E-state index is 0.408. The Morgan fingerprint density at radius 1 is 1.44 bits per heavy atom. The second-order valence-corrected chi connectivity index (χ2v) is 3.43. The summed E-state index contributed by atoms with van der Waals surface area (Å²) >= 11 is 0. The Labute approximate surface area is 106 Å². The van der Waals surface area contributed by atoms with E-state index in [1.165, 1.54) is 6.08 Å². The molecule has 0 aliphatic rings. The van der Waals surface area contributed by atoms with Crippen molar-refractivity contribution in [2.75, 3.05) is 13.7 Å². The molecule has 0 spiro atoms. The van der Waals surface area contributed by atoms with Gasteiger partial charge in [-0.15, -0.1) is 0 Å². The maximum atomic E-state index is 10.5. The lowest BCUT2D eigenvalue weighted by atomic mass is 10.1. The van der Waals surface area contributed by atoms with Gasteiger partial charge in [-0.1, -0.05) is 24.3 Å². The van der Waals surface area contributed by atoms with E-state index in [4.69, 9.17) is 14.6 Å². The average Bonchev–Trinajstić information content (AvgIpc) is 2.37. The van der Waals surface area contributed by atoms with Gasteiger partial charge in [-0.25, -0.2) is 4.79 Å². The quantitative estimate of drug-likeness (QED) is 0.621. The number of allylic oxidation sites excluding steroid dienone is 1. The van der Waals surface area contributed by atoms with Crippen LogP contribution in [0, 0.1) is 0 Å². The van der Waals surface area contributed by atoms with Gasteiger partial charge in [-0.05, 0) is 19.1 Å². The Morgan fingerprint density at radius 2 is 2.22 bits per heavy atom. The Balaban J connectivity index is 3.03. The molecule has 0 radical (unpaired) electrons. The molecular weight excluding hydrogens is 232 g/mol. The first-order valence-corrected chi connectivity index (χ1v) is 5.51. The summed E-state index contributed by atoms with van der Waals surface area (Å²) in [6.45, 7) is 2.31. The first-order valence-electron chi connectivity index (χ1n) is 5.51. The molecule has 0 aliphatic carbocycles. The summed E-state index contributed by atoms with van der Waals surface area (Å²) in [6, 6.07) is 5.32.